The van der Waals surface area contributed by atoms with E-state index < -0.39 is 0 Å². The van der Waals surface area contributed by atoms with E-state index in [1.807, 2.05) is 84.3 Å². The first kappa shape index (κ1) is 18.1. The van der Waals surface area contributed by atoms with Gasteiger partial charge in [-0.3, -0.25) is 14.3 Å². The van der Waals surface area contributed by atoms with Crippen molar-refractivity contribution < 1.29 is 4.79 Å². The van der Waals surface area contributed by atoms with Crippen LogP contribution in [0.25, 0.3) is 17.1 Å². The number of carbonyl (C=O) groups excluding carboxylic acids is 1. The summed E-state index contributed by atoms with van der Waals surface area (Å²) in [6.07, 6.45) is 3.46. The van der Waals surface area contributed by atoms with E-state index in [1.165, 1.54) is 11.8 Å². The number of rotatable bonds is 6. The Kier molecular flexibility index (Phi) is 5.30. The summed E-state index contributed by atoms with van der Waals surface area (Å²) in [4.78, 5) is 16.9. The van der Waals surface area contributed by atoms with Gasteiger partial charge in [0.05, 0.1) is 5.25 Å². The predicted octanol–water partition coefficient (Wildman–Crippen LogP) is 4.69. The molecule has 5 nitrogen and oxygen atoms in total. The van der Waals surface area contributed by atoms with Crippen LogP contribution in [0.1, 0.15) is 17.3 Å². The second-order valence-electron chi connectivity index (χ2n) is 6.20. The minimum absolute atomic E-state index is 0.0682. The van der Waals surface area contributed by atoms with Gasteiger partial charge in [0.15, 0.2) is 16.8 Å². The Balaban J connectivity index is 1.71. The molecule has 0 spiro atoms. The van der Waals surface area contributed by atoms with Crippen molar-refractivity contribution in [2.24, 2.45) is 0 Å². The smallest absolute Gasteiger partial charge is 0.196 e. The first-order valence-electron chi connectivity index (χ1n) is 8.91. The zero-order chi connectivity index (χ0) is 19.3. The number of para-hydroxylation sites is 1. The Morgan fingerprint density at radius 3 is 2.21 bits per heavy atom. The van der Waals surface area contributed by atoms with Crippen molar-refractivity contribution in [1.29, 1.82) is 0 Å². The Labute approximate surface area is 167 Å². The molecule has 4 rings (SSSR count). The first-order valence-corrected chi connectivity index (χ1v) is 9.79. The van der Waals surface area contributed by atoms with Crippen LogP contribution in [0.15, 0.2) is 90.3 Å². The highest BCUT2D eigenvalue weighted by molar-refractivity contribution is 8.00. The van der Waals surface area contributed by atoms with E-state index in [-0.39, 0.29) is 11.0 Å². The van der Waals surface area contributed by atoms with Crippen LogP contribution in [-0.2, 0) is 0 Å². The minimum atomic E-state index is -0.292. The number of Topliss-reactive ketones (excluding diaryl/α,β-unsaturated/α-hetero) is 1. The van der Waals surface area contributed by atoms with Crippen molar-refractivity contribution in [1.82, 2.24) is 19.7 Å². The van der Waals surface area contributed by atoms with Gasteiger partial charge in [-0.1, -0.05) is 60.3 Å². The second-order valence-corrected chi connectivity index (χ2v) is 7.51. The van der Waals surface area contributed by atoms with Crippen molar-refractivity contribution in [2.45, 2.75) is 17.3 Å². The molecule has 4 aromatic rings. The van der Waals surface area contributed by atoms with Crippen LogP contribution in [0.2, 0.25) is 0 Å². The lowest BCUT2D eigenvalue weighted by Crippen LogP contribution is -2.14. The number of ketones is 1. The van der Waals surface area contributed by atoms with Crippen LogP contribution in [0.4, 0.5) is 0 Å². The summed E-state index contributed by atoms with van der Waals surface area (Å²) >= 11 is 1.41. The molecule has 0 amide bonds. The molecule has 2 aromatic heterocycles. The topological polar surface area (TPSA) is 60.7 Å². The summed E-state index contributed by atoms with van der Waals surface area (Å²) in [5.41, 5.74) is 2.56. The molecular weight excluding hydrogens is 368 g/mol. The number of thioether (sulfide) groups is 1. The van der Waals surface area contributed by atoms with E-state index in [9.17, 15) is 4.79 Å². The average molecular weight is 386 g/mol. The Morgan fingerprint density at radius 2 is 1.54 bits per heavy atom. The molecule has 0 radical (unpaired) electrons. The van der Waals surface area contributed by atoms with Crippen molar-refractivity contribution in [2.75, 3.05) is 0 Å². The third-order valence-electron chi connectivity index (χ3n) is 4.30. The summed E-state index contributed by atoms with van der Waals surface area (Å²) in [6.45, 7) is 1.90. The molecule has 0 aliphatic heterocycles. The molecule has 138 valence electrons. The van der Waals surface area contributed by atoms with Gasteiger partial charge in [0.2, 0.25) is 0 Å². The SMILES string of the molecule is CC(Sc1nnc(-c2ccncc2)n1-c1ccccc1)C(=O)c1ccccc1. The van der Waals surface area contributed by atoms with E-state index in [0.717, 1.165) is 17.1 Å². The fourth-order valence-corrected chi connectivity index (χ4v) is 3.84. The largest absolute Gasteiger partial charge is 0.293 e. The number of aromatic nitrogens is 4. The molecule has 2 heterocycles. The quantitative estimate of drug-likeness (QED) is 0.355. The number of carbonyl (C=O) groups is 1. The molecule has 0 saturated carbocycles. The van der Waals surface area contributed by atoms with Crippen LogP contribution in [-0.4, -0.2) is 30.8 Å². The third-order valence-corrected chi connectivity index (χ3v) is 5.34. The fourth-order valence-electron chi connectivity index (χ4n) is 2.89. The zero-order valence-corrected chi connectivity index (χ0v) is 16.1. The lowest BCUT2D eigenvalue weighted by atomic mass is 10.1. The number of pyridine rings is 1. The van der Waals surface area contributed by atoms with Crippen LogP contribution in [0.3, 0.4) is 0 Å². The lowest BCUT2D eigenvalue weighted by Gasteiger charge is -2.13. The number of benzene rings is 2. The highest BCUT2D eigenvalue weighted by atomic mass is 32.2. The second kappa shape index (κ2) is 8.19. The maximum atomic E-state index is 12.8. The van der Waals surface area contributed by atoms with Gasteiger partial charge in [0.25, 0.3) is 0 Å². The number of hydrogen-bond acceptors (Lipinski definition) is 5. The molecule has 0 saturated heterocycles. The van der Waals surface area contributed by atoms with Crippen LogP contribution in [0.5, 0.6) is 0 Å². The van der Waals surface area contributed by atoms with Gasteiger partial charge in [-0.15, -0.1) is 10.2 Å². The predicted molar refractivity (Wildman–Crippen MR) is 111 cm³/mol. The van der Waals surface area contributed by atoms with Crippen LogP contribution in [0, 0.1) is 0 Å². The van der Waals surface area contributed by atoms with Gasteiger partial charge in [-0.25, -0.2) is 0 Å². The maximum Gasteiger partial charge on any atom is 0.196 e. The molecule has 0 N–H and O–H groups in total. The van der Waals surface area contributed by atoms with Crippen molar-refractivity contribution in [3.63, 3.8) is 0 Å². The van der Waals surface area contributed by atoms with Gasteiger partial charge >= 0.3 is 0 Å². The first-order chi connectivity index (χ1) is 13.7. The molecule has 0 bridgehead atoms. The average Bonchev–Trinajstić information content (AvgIpc) is 3.18. The minimum Gasteiger partial charge on any atom is -0.293 e. The zero-order valence-electron chi connectivity index (χ0n) is 15.3. The molecular formula is C22H18N4OS. The van der Waals surface area contributed by atoms with Gasteiger partial charge in [0, 0.05) is 29.2 Å². The van der Waals surface area contributed by atoms with Crippen molar-refractivity contribution in [3.8, 4) is 17.1 Å². The summed E-state index contributed by atoms with van der Waals surface area (Å²) in [5, 5.41) is 9.17. The maximum absolute atomic E-state index is 12.8. The van der Waals surface area contributed by atoms with Crippen molar-refractivity contribution in [3.05, 3.63) is 90.8 Å². The highest BCUT2D eigenvalue weighted by Crippen LogP contribution is 2.30. The molecule has 0 aliphatic carbocycles. The molecule has 0 aliphatic rings. The lowest BCUT2D eigenvalue weighted by molar-refractivity contribution is 0.0994. The van der Waals surface area contributed by atoms with Gasteiger partial charge in [-0.2, -0.15) is 0 Å². The van der Waals surface area contributed by atoms with Crippen LogP contribution >= 0.6 is 11.8 Å². The standard InChI is InChI=1S/C22H18N4OS/c1-16(20(27)17-8-4-2-5-9-17)28-22-25-24-21(18-12-14-23-15-13-18)26(22)19-10-6-3-7-11-19/h2-16H,1H3. The van der Waals surface area contributed by atoms with E-state index in [2.05, 4.69) is 15.2 Å². The summed E-state index contributed by atoms with van der Waals surface area (Å²) in [6, 6.07) is 23.0. The summed E-state index contributed by atoms with van der Waals surface area (Å²) in [7, 11) is 0. The van der Waals surface area contributed by atoms with Crippen molar-refractivity contribution >= 4 is 17.5 Å². The monoisotopic (exact) mass is 386 g/mol. The van der Waals surface area contributed by atoms with Gasteiger partial charge < -0.3 is 0 Å². The van der Waals surface area contributed by atoms with E-state index in [1.54, 1.807) is 12.4 Å². The van der Waals surface area contributed by atoms with E-state index in [0.29, 0.717) is 10.7 Å². The molecule has 0 fully saturated rings. The van der Waals surface area contributed by atoms with Gasteiger partial charge in [-0.05, 0) is 31.2 Å². The molecule has 2 aromatic carbocycles. The molecule has 6 heteroatoms. The third kappa shape index (κ3) is 3.73. The van der Waals surface area contributed by atoms with Crippen LogP contribution < -0.4 is 0 Å². The Bertz CT molecular complexity index is 1070. The van der Waals surface area contributed by atoms with E-state index >= 15 is 0 Å². The number of nitrogens with zero attached hydrogens (tertiary/aromatic N) is 4. The Morgan fingerprint density at radius 1 is 0.893 bits per heavy atom. The molecule has 28 heavy (non-hydrogen) atoms. The number of hydrogen-bond donors (Lipinski definition) is 0. The molecule has 1 unspecified atom stereocenters. The molecule has 1 atom stereocenters. The Hall–Kier alpha value is -3.25. The summed E-state index contributed by atoms with van der Waals surface area (Å²) in [5.74, 6) is 0.786. The highest BCUT2D eigenvalue weighted by Gasteiger charge is 2.22. The summed E-state index contributed by atoms with van der Waals surface area (Å²) < 4.78 is 1.98. The fraction of sp³-hybridized carbons (Fsp3) is 0.0909. The van der Waals surface area contributed by atoms with E-state index in [4.69, 9.17) is 0 Å². The van der Waals surface area contributed by atoms with Gasteiger partial charge in [0.1, 0.15) is 0 Å². The normalized spacial score (nSPS) is 11.9.